The molecule has 1 aliphatic rings. The van der Waals surface area contributed by atoms with E-state index in [1.165, 1.54) is 5.56 Å². The monoisotopic (exact) mass is 413 g/mol. The second kappa shape index (κ2) is 9.64. The molecule has 0 atom stereocenters. The Bertz CT molecular complexity index is 898. The van der Waals surface area contributed by atoms with Gasteiger partial charge >= 0.3 is 0 Å². The largest absolute Gasteiger partial charge is 0.376 e. The Balaban J connectivity index is 1.58. The SMILES string of the molecule is N#C/C(=C/N1CCC(Cc2ccccc2)CC1)C(=O)Nc1cc(Cl)ccc1Cl. The molecule has 1 saturated heterocycles. The summed E-state index contributed by atoms with van der Waals surface area (Å²) in [6.45, 7) is 1.65. The number of hydrogen-bond acceptors (Lipinski definition) is 3. The van der Waals surface area contributed by atoms with Crippen LogP contribution in [-0.4, -0.2) is 23.9 Å². The zero-order chi connectivity index (χ0) is 19.9. The van der Waals surface area contributed by atoms with Gasteiger partial charge in [-0.3, -0.25) is 4.79 Å². The van der Waals surface area contributed by atoms with Crippen molar-refractivity contribution < 1.29 is 4.79 Å². The van der Waals surface area contributed by atoms with E-state index >= 15 is 0 Å². The predicted octanol–water partition coefficient (Wildman–Crippen LogP) is 5.29. The van der Waals surface area contributed by atoms with E-state index in [0.717, 1.165) is 32.4 Å². The van der Waals surface area contributed by atoms with Crippen LogP contribution in [0.25, 0.3) is 0 Å². The molecular formula is C22H21Cl2N3O. The molecule has 0 unspecified atom stereocenters. The van der Waals surface area contributed by atoms with E-state index in [4.69, 9.17) is 23.2 Å². The fourth-order valence-corrected chi connectivity index (χ4v) is 3.67. The van der Waals surface area contributed by atoms with Crippen molar-refractivity contribution in [2.45, 2.75) is 19.3 Å². The van der Waals surface area contributed by atoms with Crippen molar-refractivity contribution in [3.63, 3.8) is 0 Å². The van der Waals surface area contributed by atoms with Crippen molar-refractivity contribution in [1.29, 1.82) is 5.26 Å². The zero-order valence-electron chi connectivity index (χ0n) is 15.4. The van der Waals surface area contributed by atoms with E-state index in [1.807, 2.05) is 17.0 Å². The van der Waals surface area contributed by atoms with Crippen LogP contribution < -0.4 is 5.32 Å². The number of anilines is 1. The van der Waals surface area contributed by atoms with Crippen LogP contribution in [0, 0.1) is 17.2 Å². The highest BCUT2D eigenvalue weighted by Gasteiger charge is 2.20. The smallest absolute Gasteiger partial charge is 0.267 e. The van der Waals surface area contributed by atoms with Crippen molar-refractivity contribution in [3.8, 4) is 6.07 Å². The average Bonchev–Trinajstić information content (AvgIpc) is 2.71. The van der Waals surface area contributed by atoms with Crippen LogP contribution in [-0.2, 0) is 11.2 Å². The van der Waals surface area contributed by atoms with Crippen LogP contribution in [0.3, 0.4) is 0 Å². The highest BCUT2D eigenvalue weighted by Crippen LogP contribution is 2.26. The maximum Gasteiger partial charge on any atom is 0.267 e. The van der Waals surface area contributed by atoms with Crippen LogP contribution in [0.15, 0.2) is 60.3 Å². The van der Waals surface area contributed by atoms with Crippen LogP contribution in [0.4, 0.5) is 5.69 Å². The molecule has 3 rings (SSSR count). The highest BCUT2D eigenvalue weighted by molar-refractivity contribution is 6.35. The molecule has 1 aliphatic heterocycles. The van der Waals surface area contributed by atoms with E-state index < -0.39 is 5.91 Å². The minimum Gasteiger partial charge on any atom is -0.376 e. The minimum absolute atomic E-state index is 0.0533. The van der Waals surface area contributed by atoms with Gasteiger partial charge in [-0.1, -0.05) is 53.5 Å². The van der Waals surface area contributed by atoms with Gasteiger partial charge in [0, 0.05) is 24.3 Å². The summed E-state index contributed by atoms with van der Waals surface area (Å²) in [5.41, 5.74) is 1.80. The molecule has 0 saturated carbocycles. The minimum atomic E-state index is -0.488. The van der Waals surface area contributed by atoms with Crippen molar-refractivity contribution in [3.05, 3.63) is 75.9 Å². The Morgan fingerprint density at radius 3 is 2.57 bits per heavy atom. The van der Waals surface area contributed by atoms with E-state index in [9.17, 15) is 10.1 Å². The van der Waals surface area contributed by atoms with Crippen molar-refractivity contribution in [2.75, 3.05) is 18.4 Å². The number of nitriles is 1. The first-order valence-electron chi connectivity index (χ1n) is 9.21. The standard InChI is InChI=1S/C22H21Cl2N3O/c23-19-6-7-20(24)21(13-19)26-22(28)18(14-25)15-27-10-8-17(9-11-27)12-16-4-2-1-3-5-16/h1-7,13,15,17H,8-12H2,(H,26,28)/b18-15-. The van der Waals surface area contributed by atoms with Crippen LogP contribution >= 0.6 is 23.2 Å². The lowest BCUT2D eigenvalue weighted by atomic mass is 9.90. The van der Waals surface area contributed by atoms with Gasteiger partial charge in [0.2, 0.25) is 0 Å². The molecule has 144 valence electrons. The summed E-state index contributed by atoms with van der Waals surface area (Å²) < 4.78 is 0. The third-order valence-corrected chi connectivity index (χ3v) is 5.43. The fraction of sp³-hybridized carbons (Fsp3) is 0.273. The summed E-state index contributed by atoms with van der Waals surface area (Å²) in [7, 11) is 0. The number of amides is 1. The fourth-order valence-electron chi connectivity index (χ4n) is 3.34. The predicted molar refractivity (Wildman–Crippen MR) is 113 cm³/mol. The van der Waals surface area contributed by atoms with Crippen LogP contribution in [0.1, 0.15) is 18.4 Å². The highest BCUT2D eigenvalue weighted by atomic mass is 35.5. The van der Waals surface area contributed by atoms with Gasteiger partial charge in [0.05, 0.1) is 10.7 Å². The number of benzene rings is 2. The number of rotatable bonds is 5. The molecule has 0 aliphatic carbocycles. The number of halogens is 2. The Hall–Kier alpha value is -2.48. The number of carbonyl (C=O) groups excluding carboxylic acids is 1. The molecule has 2 aromatic rings. The van der Waals surface area contributed by atoms with Gasteiger partial charge in [0.1, 0.15) is 11.6 Å². The van der Waals surface area contributed by atoms with E-state index in [-0.39, 0.29) is 5.57 Å². The molecule has 1 heterocycles. The summed E-state index contributed by atoms with van der Waals surface area (Å²) in [5, 5.41) is 12.9. The van der Waals surface area contributed by atoms with E-state index in [0.29, 0.717) is 21.7 Å². The lowest BCUT2D eigenvalue weighted by Crippen LogP contribution is -2.31. The Morgan fingerprint density at radius 2 is 1.89 bits per heavy atom. The molecule has 0 aromatic heterocycles. The van der Waals surface area contributed by atoms with Crippen molar-refractivity contribution in [1.82, 2.24) is 4.90 Å². The molecular weight excluding hydrogens is 393 g/mol. The van der Waals surface area contributed by atoms with Gasteiger partial charge in [-0.25, -0.2) is 0 Å². The second-order valence-electron chi connectivity index (χ2n) is 6.90. The lowest BCUT2D eigenvalue weighted by molar-refractivity contribution is -0.112. The first-order chi connectivity index (χ1) is 13.5. The molecule has 0 spiro atoms. The van der Waals surface area contributed by atoms with E-state index in [1.54, 1.807) is 24.4 Å². The Morgan fingerprint density at radius 1 is 1.18 bits per heavy atom. The Labute approximate surface area is 175 Å². The normalized spacial score (nSPS) is 15.2. The third-order valence-electron chi connectivity index (χ3n) is 4.87. The van der Waals surface area contributed by atoms with Crippen molar-refractivity contribution in [2.24, 2.45) is 5.92 Å². The maximum absolute atomic E-state index is 12.5. The molecule has 1 amide bonds. The molecule has 1 fully saturated rings. The molecule has 6 heteroatoms. The van der Waals surface area contributed by atoms with Crippen LogP contribution in [0.5, 0.6) is 0 Å². The van der Waals surface area contributed by atoms with Gasteiger partial charge in [-0.05, 0) is 48.9 Å². The number of hydrogen-bond donors (Lipinski definition) is 1. The maximum atomic E-state index is 12.5. The summed E-state index contributed by atoms with van der Waals surface area (Å²) in [5.74, 6) is 0.134. The number of nitrogens with zero attached hydrogens (tertiary/aromatic N) is 2. The molecule has 4 nitrogen and oxygen atoms in total. The summed E-state index contributed by atoms with van der Waals surface area (Å²) >= 11 is 12.0. The number of likely N-dealkylation sites (tertiary alicyclic amines) is 1. The molecule has 1 N–H and O–H groups in total. The Kier molecular flexibility index (Phi) is 6.97. The first-order valence-corrected chi connectivity index (χ1v) is 9.97. The first kappa shape index (κ1) is 20.3. The number of carbonyl (C=O) groups is 1. The quantitative estimate of drug-likeness (QED) is 0.534. The number of nitrogens with one attached hydrogen (secondary N) is 1. The molecule has 0 bridgehead atoms. The molecule has 0 radical (unpaired) electrons. The molecule has 2 aromatic carbocycles. The van der Waals surface area contributed by atoms with Gasteiger partial charge in [0.25, 0.3) is 5.91 Å². The summed E-state index contributed by atoms with van der Waals surface area (Å²) in [6, 6.07) is 17.3. The van der Waals surface area contributed by atoms with Crippen LogP contribution in [0.2, 0.25) is 10.0 Å². The topological polar surface area (TPSA) is 56.1 Å². The second-order valence-corrected chi connectivity index (χ2v) is 7.75. The van der Waals surface area contributed by atoms with E-state index in [2.05, 4.69) is 29.6 Å². The van der Waals surface area contributed by atoms with Gasteiger partial charge in [0.15, 0.2) is 0 Å². The summed E-state index contributed by atoms with van der Waals surface area (Å²) in [6.07, 6.45) is 4.78. The zero-order valence-corrected chi connectivity index (χ0v) is 16.9. The van der Waals surface area contributed by atoms with Crippen molar-refractivity contribution >= 4 is 34.8 Å². The molecule has 28 heavy (non-hydrogen) atoms. The third kappa shape index (κ3) is 5.51. The number of piperidine rings is 1. The van der Waals surface area contributed by atoms with Gasteiger partial charge in [-0.2, -0.15) is 5.26 Å². The lowest BCUT2D eigenvalue weighted by Gasteiger charge is -2.31. The average molecular weight is 414 g/mol. The van der Waals surface area contributed by atoms with Gasteiger partial charge in [-0.15, -0.1) is 0 Å². The van der Waals surface area contributed by atoms with Gasteiger partial charge < -0.3 is 10.2 Å². The summed E-state index contributed by atoms with van der Waals surface area (Å²) in [4.78, 5) is 14.5.